The number of rotatable bonds is 6. The van der Waals surface area contributed by atoms with Crippen molar-refractivity contribution in [1.82, 2.24) is 15.2 Å². The van der Waals surface area contributed by atoms with E-state index in [1.807, 2.05) is 7.05 Å². The molecule has 0 aliphatic heterocycles. The van der Waals surface area contributed by atoms with Gasteiger partial charge < -0.3 is 14.7 Å². The van der Waals surface area contributed by atoms with Gasteiger partial charge >= 0.3 is 0 Å². The van der Waals surface area contributed by atoms with Gasteiger partial charge in [0.25, 0.3) is 0 Å². The predicted octanol–water partition coefficient (Wildman–Crippen LogP) is 4.48. The second kappa shape index (κ2) is 9.28. The van der Waals surface area contributed by atoms with Gasteiger partial charge in [0.2, 0.25) is 5.88 Å². The second-order valence-corrected chi connectivity index (χ2v) is 11.5. The average Bonchev–Trinajstić information content (AvgIpc) is 3.07. The molecule has 2 bridgehead atoms. The van der Waals surface area contributed by atoms with Crippen molar-refractivity contribution in [2.45, 2.75) is 57.3 Å². The summed E-state index contributed by atoms with van der Waals surface area (Å²) in [6.45, 7) is 4.72. The van der Waals surface area contributed by atoms with Gasteiger partial charge in [0.15, 0.2) is 17.5 Å². The number of hydrogen-bond acceptors (Lipinski definition) is 6. The summed E-state index contributed by atoms with van der Waals surface area (Å²) in [7, 11) is 18.3. The minimum Gasteiger partial charge on any atom is -0.507 e. The molecule has 0 saturated heterocycles. The van der Waals surface area contributed by atoms with Gasteiger partial charge in [-0.3, -0.25) is 0 Å². The van der Waals surface area contributed by atoms with Gasteiger partial charge in [0, 0.05) is 30.9 Å². The highest BCUT2D eigenvalue weighted by atomic mass is 19.2. The molecule has 2 aliphatic rings. The van der Waals surface area contributed by atoms with Crippen LogP contribution in [-0.2, 0) is 0 Å². The molecule has 6 radical (unpaired) electrons. The number of pyridine rings is 1. The fraction of sp³-hybridized carbons (Fsp3) is 0.444. The van der Waals surface area contributed by atoms with E-state index in [1.54, 1.807) is 12.1 Å². The van der Waals surface area contributed by atoms with Gasteiger partial charge in [-0.2, -0.15) is 0 Å². The molecule has 3 atom stereocenters. The summed E-state index contributed by atoms with van der Waals surface area (Å²) in [4.78, 5) is 6.03. The highest BCUT2D eigenvalue weighted by Crippen LogP contribution is 2.58. The van der Waals surface area contributed by atoms with Gasteiger partial charge in [-0.05, 0) is 78.1 Å². The Morgan fingerprint density at radius 3 is 2.32 bits per heavy atom. The van der Waals surface area contributed by atoms with Crippen molar-refractivity contribution >= 4 is 29.4 Å². The third kappa shape index (κ3) is 5.12. The summed E-state index contributed by atoms with van der Waals surface area (Å²) in [5.41, 5.74) is 0.256. The number of phenolic OH excluding ortho intramolecular Hbond substituents is 1. The van der Waals surface area contributed by atoms with E-state index in [9.17, 15) is 5.11 Å². The molecule has 0 amide bonds. The Morgan fingerprint density at radius 2 is 1.71 bits per heavy atom. The number of ether oxygens (including phenoxy) is 1. The van der Waals surface area contributed by atoms with Crippen LogP contribution in [0.4, 0.5) is 14.6 Å². The van der Waals surface area contributed by atoms with Crippen LogP contribution >= 0.6 is 0 Å². The average molecular weight is 510 g/mol. The minimum atomic E-state index is -2.01. The van der Waals surface area contributed by atoms with Crippen molar-refractivity contribution in [3.05, 3.63) is 48.2 Å². The molecule has 1 unspecified atom stereocenters. The number of aromatic nitrogens is 3. The zero-order chi connectivity index (χ0) is 27.5. The molecule has 2 aromatic heterocycles. The van der Waals surface area contributed by atoms with Crippen molar-refractivity contribution in [1.29, 1.82) is 0 Å². The van der Waals surface area contributed by atoms with E-state index in [-0.39, 0.29) is 28.3 Å². The highest BCUT2D eigenvalue weighted by molar-refractivity contribution is 6.58. The molecule has 1 N–H and O–H groups in total. The normalized spacial score (nSPS) is 24.8. The molecule has 1 aromatic carbocycles. The van der Waals surface area contributed by atoms with Crippen LogP contribution in [0.5, 0.6) is 11.6 Å². The van der Waals surface area contributed by atoms with Crippen molar-refractivity contribution in [2.24, 2.45) is 10.8 Å². The van der Waals surface area contributed by atoms with Crippen LogP contribution in [0.1, 0.15) is 46.0 Å². The summed E-state index contributed by atoms with van der Waals surface area (Å²) < 4.78 is 35.6. The van der Waals surface area contributed by atoms with Crippen molar-refractivity contribution in [3.63, 3.8) is 0 Å². The molecule has 5 rings (SSSR count). The topological polar surface area (TPSA) is 71.4 Å². The number of benzene rings is 1. The molecule has 2 heterocycles. The van der Waals surface area contributed by atoms with Crippen LogP contribution in [0.15, 0.2) is 36.5 Å². The van der Waals surface area contributed by atoms with E-state index in [2.05, 4.69) is 33.9 Å². The molecule has 2 saturated carbocycles. The smallest absolute Gasteiger partial charge is 0.212 e. The summed E-state index contributed by atoms with van der Waals surface area (Å²) in [6.07, 6.45) is 7.17. The van der Waals surface area contributed by atoms with E-state index in [0.29, 0.717) is 22.7 Å². The largest absolute Gasteiger partial charge is 0.507 e. The molecular weight excluding hydrogens is 483 g/mol. The molecule has 2 aliphatic carbocycles. The lowest BCUT2D eigenvalue weighted by atomic mass is 9.52. The second-order valence-electron chi connectivity index (χ2n) is 11.5. The zero-order valence-corrected chi connectivity index (χ0v) is 21.7. The van der Waals surface area contributed by atoms with Crippen LogP contribution in [0.3, 0.4) is 0 Å². The Balaban J connectivity index is 1.41. The minimum absolute atomic E-state index is 0.0168. The Labute approximate surface area is 225 Å². The maximum atomic E-state index is 15.3. The van der Waals surface area contributed by atoms with Crippen LogP contribution in [0, 0.1) is 22.5 Å². The lowest BCUT2D eigenvalue weighted by Gasteiger charge is -2.44. The number of fused-ring (bicyclic) bond motifs is 2. The number of halogens is 2. The number of anilines is 1. The summed E-state index contributed by atoms with van der Waals surface area (Å²) >= 11 is 0. The van der Waals surface area contributed by atoms with Gasteiger partial charge in [-0.25, -0.2) is 13.8 Å². The molecule has 6 nitrogen and oxygen atoms in total. The summed E-state index contributed by atoms with van der Waals surface area (Å²) in [5.74, 6) is -2.40. The first-order valence-corrected chi connectivity index (χ1v) is 12.6. The third-order valence-corrected chi connectivity index (χ3v) is 7.97. The van der Waals surface area contributed by atoms with Gasteiger partial charge in [0.1, 0.15) is 29.3 Å². The molecule has 11 heteroatoms. The fourth-order valence-corrected chi connectivity index (χ4v) is 6.36. The maximum absolute atomic E-state index is 15.3. The first kappa shape index (κ1) is 26.5. The van der Waals surface area contributed by atoms with Crippen LogP contribution in [0.25, 0.3) is 22.4 Å². The molecule has 3 aromatic rings. The van der Waals surface area contributed by atoms with Gasteiger partial charge in [-0.15, -0.1) is 10.2 Å². The molecule has 38 heavy (non-hydrogen) atoms. The first-order valence-electron chi connectivity index (χ1n) is 12.6. The lowest BCUT2D eigenvalue weighted by molar-refractivity contribution is 0.148. The Hall–Kier alpha value is -3.10. The monoisotopic (exact) mass is 510 g/mol. The van der Waals surface area contributed by atoms with E-state index < -0.39 is 22.7 Å². The highest BCUT2D eigenvalue weighted by Gasteiger charge is 2.50. The number of nitrogens with zero attached hydrogens (tertiary/aromatic N) is 4. The van der Waals surface area contributed by atoms with E-state index in [1.165, 1.54) is 37.6 Å². The Kier molecular flexibility index (Phi) is 6.47. The standard InChI is InChI=1S/C27H27B3F2N4O2/c1-25-7-8-26(2,14-25)13-16(12-25)36(3)20-5-4-18(34-35-20)22-19(37)11-17(23(31)24(22)32)15-6-9-33-21(10-15)38-27(28,29)30/h4-6,9-11,16,37H,7-8,12-14H2,1-3H3/t16?,25-,26+. The van der Waals surface area contributed by atoms with Crippen molar-refractivity contribution in [2.75, 3.05) is 11.9 Å². The third-order valence-electron chi connectivity index (χ3n) is 7.97. The van der Waals surface area contributed by atoms with Crippen LogP contribution in [0.2, 0.25) is 0 Å². The first-order chi connectivity index (χ1) is 17.8. The van der Waals surface area contributed by atoms with Crippen LogP contribution in [-0.4, -0.2) is 62.2 Å². The van der Waals surface area contributed by atoms with Crippen molar-refractivity contribution in [3.8, 4) is 34.0 Å². The van der Waals surface area contributed by atoms with Crippen LogP contribution < -0.4 is 9.64 Å². The van der Waals surface area contributed by atoms with Gasteiger partial charge in [0.05, 0.1) is 11.3 Å². The predicted molar refractivity (Wildman–Crippen MR) is 144 cm³/mol. The molecule has 2 fully saturated rings. The zero-order valence-electron chi connectivity index (χ0n) is 21.7. The SMILES string of the molecule is [B]C([B])([B])Oc1cc(-c2cc(O)c(-c3ccc(N(C)C4C[C@]5(C)CC[C@](C)(C4)C5)nn3)c(F)c2F)ccn1. The number of phenols is 1. The fourth-order valence-electron chi connectivity index (χ4n) is 6.36. The molecular formula is C27H27B3F2N4O2. The number of hydrogen-bond donors (Lipinski definition) is 1. The number of aromatic hydroxyl groups is 1. The quantitative estimate of drug-likeness (QED) is 0.494. The van der Waals surface area contributed by atoms with Gasteiger partial charge in [-0.1, -0.05) is 13.8 Å². The molecule has 190 valence electrons. The Morgan fingerprint density at radius 1 is 1.03 bits per heavy atom. The Bertz CT molecular complexity index is 1350. The summed E-state index contributed by atoms with van der Waals surface area (Å²) in [5, 5.41) is 17.1. The van der Waals surface area contributed by atoms with E-state index in [4.69, 9.17) is 28.3 Å². The lowest BCUT2D eigenvalue weighted by Crippen LogP contribution is -2.42. The van der Waals surface area contributed by atoms with E-state index >= 15 is 8.78 Å². The van der Waals surface area contributed by atoms with Crippen molar-refractivity contribution < 1.29 is 18.6 Å². The maximum Gasteiger partial charge on any atom is 0.212 e. The van der Waals surface area contributed by atoms with E-state index in [0.717, 1.165) is 18.9 Å². The molecule has 0 spiro atoms. The summed E-state index contributed by atoms with van der Waals surface area (Å²) in [6, 6.07) is 7.38.